The monoisotopic (exact) mass is 300 g/mol. The zero-order valence-corrected chi connectivity index (χ0v) is 11.9. The van der Waals surface area contributed by atoms with Gasteiger partial charge in [-0.05, 0) is 12.8 Å². The topological polar surface area (TPSA) is 95.9 Å². The number of aromatic amines is 1. The van der Waals surface area contributed by atoms with Crippen LogP contribution in [0.5, 0.6) is 0 Å². The van der Waals surface area contributed by atoms with E-state index in [-0.39, 0.29) is 5.56 Å². The lowest BCUT2D eigenvalue weighted by atomic mass is 10.2. The molecule has 0 bridgehead atoms. The number of anilines is 1. The summed E-state index contributed by atoms with van der Waals surface area (Å²) in [5.74, 6) is 0. The van der Waals surface area contributed by atoms with Crippen molar-refractivity contribution in [2.75, 3.05) is 18.4 Å². The highest BCUT2D eigenvalue weighted by atomic mass is 32.1. The van der Waals surface area contributed by atoms with Gasteiger partial charge in [-0.1, -0.05) is 0 Å². The molecule has 0 fully saturated rings. The molecule has 3 aromatic heterocycles. The lowest BCUT2D eigenvalue weighted by molar-refractivity contribution is 1.03. The Morgan fingerprint density at radius 3 is 3.19 bits per heavy atom. The summed E-state index contributed by atoms with van der Waals surface area (Å²) in [6, 6.07) is 1.64. The van der Waals surface area contributed by atoms with Crippen molar-refractivity contribution in [3.63, 3.8) is 0 Å². The molecule has 0 unspecified atom stereocenters. The molecule has 3 aromatic rings. The van der Waals surface area contributed by atoms with E-state index in [1.165, 1.54) is 17.7 Å². The second-order valence-electron chi connectivity index (χ2n) is 4.20. The molecule has 0 atom stereocenters. The number of pyridine rings is 1. The largest absolute Gasteiger partial charge is 0.360 e. The van der Waals surface area contributed by atoms with Crippen molar-refractivity contribution in [2.45, 2.75) is 0 Å². The second kappa shape index (κ2) is 5.80. The van der Waals surface area contributed by atoms with Crippen molar-refractivity contribution in [2.24, 2.45) is 4.99 Å². The Morgan fingerprint density at radius 1 is 1.43 bits per heavy atom. The summed E-state index contributed by atoms with van der Waals surface area (Å²) in [6.07, 6.45) is 2.96. The van der Waals surface area contributed by atoms with E-state index >= 15 is 0 Å². The third-order valence-corrected chi connectivity index (χ3v) is 3.65. The van der Waals surface area contributed by atoms with E-state index in [2.05, 4.69) is 37.0 Å². The zero-order valence-electron chi connectivity index (χ0n) is 11.0. The summed E-state index contributed by atoms with van der Waals surface area (Å²) in [5.41, 5.74) is 1.66. The summed E-state index contributed by atoms with van der Waals surface area (Å²) < 4.78 is 0. The minimum atomic E-state index is -0.186. The van der Waals surface area contributed by atoms with Gasteiger partial charge >= 0.3 is 0 Å². The maximum absolute atomic E-state index is 11.8. The van der Waals surface area contributed by atoms with E-state index in [4.69, 9.17) is 0 Å². The van der Waals surface area contributed by atoms with Gasteiger partial charge in [0.25, 0.3) is 5.56 Å². The highest BCUT2D eigenvalue weighted by Gasteiger charge is 2.12. The maximum atomic E-state index is 11.8. The summed E-state index contributed by atoms with van der Waals surface area (Å²) in [6.45, 7) is 4.73. The fourth-order valence-corrected chi connectivity index (χ4v) is 2.62. The number of aromatic nitrogens is 4. The Morgan fingerprint density at radius 2 is 2.33 bits per heavy atom. The molecule has 21 heavy (non-hydrogen) atoms. The summed E-state index contributed by atoms with van der Waals surface area (Å²) >= 11 is 1.47. The molecule has 0 aliphatic rings. The van der Waals surface area contributed by atoms with Gasteiger partial charge in [-0.2, -0.15) is 0 Å². The quantitative estimate of drug-likeness (QED) is 0.550. The molecule has 0 saturated carbocycles. The highest BCUT2D eigenvalue weighted by molar-refractivity contribution is 7.14. The van der Waals surface area contributed by atoms with Gasteiger partial charge in [-0.25, -0.2) is 9.97 Å². The molecule has 0 spiro atoms. The number of nitrogens with one attached hydrogen (secondary N) is 2. The first-order valence-corrected chi connectivity index (χ1v) is 7.12. The van der Waals surface area contributed by atoms with Gasteiger partial charge in [-0.15, -0.1) is 11.3 Å². The molecule has 0 amide bonds. The third kappa shape index (κ3) is 2.65. The van der Waals surface area contributed by atoms with Crippen LogP contribution in [0.4, 0.5) is 5.13 Å². The van der Waals surface area contributed by atoms with Crippen LogP contribution in [-0.2, 0) is 0 Å². The molecule has 8 heteroatoms. The highest BCUT2D eigenvalue weighted by Crippen LogP contribution is 2.26. The molecule has 0 aliphatic heterocycles. The Kier molecular flexibility index (Phi) is 3.69. The van der Waals surface area contributed by atoms with Crippen LogP contribution in [0.2, 0.25) is 0 Å². The minimum Gasteiger partial charge on any atom is -0.360 e. The average molecular weight is 300 g/mol. The first-order chi connectivity index (χ1) is 10.3. The number of hydrogen-bond donors (Lipinski definition) is 2. The van der Waals surface area contributed by atoms with Crippen molar-refractivity contribution >= 4 is 34.1 Å². The standard InChI is InChI=1S/C13H12N6OS/c1-14-4-5-16-13-19-9(6-21-13)11-10-8(2-3-15-11)12(20)18-7-17-10/h2-3,6-7H,1,4-5H2,(H,16,19)(H,17,18,20). The lowest BCUT2D eigenvalue weighted by Gasteiger charge is -2.01. The third-order valence-electron chi connectivity index (χ3n) is 2.85. The van der Waals surface area contributed by atoms with Crippen LogP contribution in [0.15, 0.2) is 33.8 Å². The van der Waals surface area contributed by atoms with E-state index in [1.807, 2.05) is 5.38 Å². The van der Waals surface area contributed by atoms with Crippen LogP contribution in [-0.4, -0.2) is 39.7 Å². The second-order valence-corrected chi connectivity index (χ2v) is 5.06. The van der Waals surface area contributed by atoms with Crippen LogP contribution < -0.4 is 10.9 Å². The van der Waals surface area contributed by atoms with Gasteiger partial charge in [0.05, 0.1) is 18.3 Å². The van der Waals surface area contributed by atoms with Crippen molar-refractivity contribution in [3.8, 4) is 11.4 Å². The predicted octanol–water partition coefficient (Wildman–Crippen LogP) is 1.55. The van der Waals surface area contributed by atoms with Crippen LogP contribution >= 0.6 is 11.3 Å². The van der Waals surface area contributed by atoms with Gasteiger partial charge in [-0.3, -0.25) is 14.8 Å². The lowest BCUT2D eigenvalue weighted by Crippen LogP contribution is -2.07. The van der Waals surface area contributed by atoms with Crippen molar-refractivity contribution in [1.29, 1.82) is 0 Å². The average Bonchev–Trinajstić information content (AvgIpc) is 2.96. The van der Waals surface area contributed by atoms with Crippen LogP contribution in [0.3, 0.4) is 0 Å². The van der Waals surface area contributed by atoms with E-state index < -0.39 is 0 Å². The van der Waals surface area contributed by atoms with E-state index in [1.54, 1.807) is 12.3 Å². The fraction of sp³-hybridized carbons (Fsp3) is 0.154. The number of fused-ring (bicyclic) bond motifs is 1. The maximum Gasteiger partial charge on any atom is 0.258 e. The van der Waals surface area contributed by atoms with Crippen LogP contribution in [0, 0.1) is 0 Å². The zero-order chi connectivity index (χ0) is 14.7. The Bertz CT molecular complexity index is 840. The van der Waals surface area contributed by atoms with Gasteiger partial charge in [0.15, 0.2) is 5.13 Å². The molecule has 106 valence electrons. The Labute approximate surface area is 123 Å². The Balaban J connectivity index is 1.99. The summed E-state index contributed by atoms with van der Waals surface area (Å²) in [7, 11) is 0. The first-order valence-electron chi connectivity index (χ1n) is 6.24. The Hall–Kier alpha value is -2.61. The smallest absolute Gasteiger partial charge is 0.258 e. The number of thiazole rings is 1. The van der Waals surface area contributed by atoms with Crippen molar-refractivity contribution in [3.05, 3.63) is 34.3 Å². The first kappa shape index (κ1) is 13.4. The molecule has 3 heterocycles. The molecule has 3 rings (SSSR count). The molecule has 0 radical (unpaired) electrons. The molecular formula is C13H12N6OS. The van der Waals surface area contributed by atoms with Crippen LogP contribution in [0.25, 0.3) is 22.3 Å². The molecule has 0 aromatic carbocycles. The number of H-pyrrole nitrogens is 1. The van der Waals surface area contributed by atoms with E-state index in [9.17, 15) is 4.79 Å². The van der Waals surface area contributed by atoms with Crippen molar-refractivity contribution in [1.82, 2.24) is 19.9 Å². The summed E-state index contributed by atoms with van der Waals surface area (Å²) in [5, 5.41) is 6.31. The van der Waals surface area contributed by atoms with E-state index in [0.29, 0.717) is 35.4 Å². The number of rotatable bonds is 5. The predicted molar refractivity (Wildman–Crippen MR) is 84.2 cm³/mol. The SMILES string of the molecule is C=NCCNc1nc(-c2nccc3c(=O)[nH]cnc23)cs1. The molecular weight excluding hydrogens is 288 g/mol. The van der Waals surface area contributed by atoms with Gasteiger partial charge in [0.1, 0.15) is 16.9 Å². The van der Waals surface area contributed by atoms with Crippen LogP contribution in [0.1, 0.15) is 0 Å². The molecule has 7 nitrogen and oxygen atoms in total. The molecule has 0 saturated heterocycles. The fourth-order valence-electron chi connectivity index (χ4n) is 1.89. The number of aliphatic imine (C=N–C) groups is 1. The molecule has 0 aliphatic carbocycles. The number of hydrogen-bond acceptors (Lipinski definition) is 7. The normalized spacial score (nSPS) is 10.7. The van der Waals surface area contributed by atoms with Gasteiger partial charge in [0, 0.05) is 18.1 Å². The summed E-state index contributed by atoms with van der Waals surface area (Å²) in [4.78, 5) is 31.1. The van der Waals surface area contributed by atoms with Gasteiger partial charge < -0.3 is 10.3 Å². The number of nitrogens with zero attached hydrogens (tertiary/aromatic N) is 4. The van der Waals surface area contributed by atoms with Crippen molar-refractivity contribution < 1.29 is 0 Å². The van der Waals surface area contributed by atoms with Gasteiger partial charge in [0.2, 0.25) is 0 Å². The minimum absolute atomic E-state index is 0.186. The molecule has 2 N–H and O–H groups in total. The van der Waals surface area contributed by atoms with E-state index in [0.717, 1.165) is 5.13 Å².